The van der Waals surface area contributed by atoms with Gasteiger partial charge in [0.1, 0.15) is 73.2 Å². The fourth-order valence-electron chi connectivity index (χ4n) is 14.2. The van der Waals surface area contributed by atoms with E-state index in [1.54, 1.807) is 0 Å². The predicted molar refractivity (Wildman–Crippen MR) is 379 cm³/mol. The average Bonchev–Trinajstić information content (AvgIpc) is 0.798. The normalized spacial score (nSPS) is 26.9. The number of amides is 1. The molecule has 17 atom stereocenters. The molecule has 0 saturated carbocycles. The number of aliphatic hydroxyl groups excluding tert-OH is 11. The highest BCUT2D eigenvalue weighted by Crippen LogP contribution is 2.33. The Morgan fingerprint density at radius 1 is 0.333 bits per heavy atom. The fourth-order valence-corrected chi connectivity index (χ4v) is 14.2. The predicted octanol–water partition coefficient (Wildman–Crippen LogP) is 13.0. The van der Waals surface area contributed by atoms with E-state index in [2.05, 4.69) is 19.2 Å². The summed E-state index contributed by atoms with van der Waals surface area (Å²) >= 11 is 0. The van der Waals surface area contributed by atoms with Crippen molar-refractivity contribution in [3.05, 3.63) is 0 Å². The van der Waals surface area contributed by atoms with Crippen LogP contribution in [0.2, 0.25) is 0 Å². The van der Waals surface area contributed by atoms with Crippen molar-refractivity contribution in [1.82, 2.24) is 5.32 Å². The minimum Gasteiger partial charge on any atom is -0.394 e. The van der Waals surface area contributed by atoms with Crippen molar-refractivity contribution in [2.75, 3.05) is 26.4 Å². The summed E-state index contributed by atoms with van der Waals surface area (Å²) < 4.78 is 34.5. The van der Waals surface area contributed by atoms with Crippen LogP contribution >= 0.6 is 0 Å². The molecule has 3 heterocycles. The summed E-state index contributed by atoms with van der Waals surface area (Å²) in [5, 5.41) is 121. The molecule has 3 fully saturated rings. The molecule has 570 valence electrons. The van der Waals surface area contributed by atoms with Gasteiger partial charge in [-0.25, -0.2) is 0 Å². The lowest BCUT2D eigenvalue weighted by atomic mass is 9.96. The quantitative estimate of drug-likeness (QED) is 0.0252. The second kappa shape index (κ2) is 59.2. The third-order valence-corrected chi connectivity index (χ3v) is 20.7. The molecular weight excluding hydrogens is 1230 g/mol. The Morgan fingerprint density at radius 3 is 0.906 bits per heavy atom. The van der Waals surface area contributed by atoms with E-state index in [-0.39, 0.29) is 18.9 Å². The molecule has 0 aromatic heterocycles. The number of aliphatic hydroxyl groups is 11. The molecular formula is C77H149NO18. The number of carbonyl (C=O) groups excluding carboxylic acids is 1. The molecule has 0 aromatic carbocycles. The van der Waals surface area contributed by atoms with Crippen LogP contribution in [0.15, 0.2) is 0 Å². The highest BCUT2D eigenvalue weighted by Gasteiger charge is 2.54. The van der Waals surface area contributed by atoms with Crippen molar-refractivity contribution in [2.24, 2.45) is 0 Å². The van der Waals surface area contributed by atoms with E-state index in [1.807, 2.05) is 0 Å². The third kappa shape index (κ3) is 39.4. The average molecular weight is 1380 g/mol. The molecule has 0 radical (unpaired) electrons. The molecule has 0 aromatic rings. The minimum atomic E-state index is -1.97. The van der Waals surface area contributed by atoms with Gasteiger partial charge in [-0.2, -0.15) is 0 Å². The van der Waals surface area contributed by atoms with Crippen molar-refractivity contribution in [3.63, 3.8) is 0 Å². The lowest BCUT2D eigenvalue weighted by molar-refractivity contribution is -0.379. The number of hydrogen-bond donors (Lipinski definition) is 12. The zero-order chi connectivity index (χ0) is 69.6. The lowest BCUT2D eigenvalue weighted by Gasteiger charge is -2.48. The van der Waals surface area contributed by atoms with E-state index in [4.69, 9.17) is 28.4 Å². The molecule has 12 N–H and O–H groups in total. The molecule has 19 nitrogen and oxygen atoms in total. The summed E-state index contributed by atoms with van der Waals surface area (Å²) in [7, 11) is 0. The zero-order valence-corrected chi connectivity index (χ0v) is 60.9. The fraction of sp³-hybridized carbons (Fsp3) is 0.987. The van der Waals surface area contributed by atoms with Gasteiger partial charge in [-0.3, -0.25) is 4.79 Å². The van der Waals surface area contributed by atoms with Crippen LogP contribution in [0.4, 0.5) is 0 Å². The first-order valence-corrected chi connectivity index (χ1v) is 40.3. The first-order chi connectivity index (χ1) is 46.8. The van der Waals surface area contributed by atoms with Crippen molar-refractivity contribution in [2.45, 2.75) is 458 Å². The molecule has 0 bridgehead atoms. The van der Waals surface area contributed by atoms with E-state index < -0.39 is 124 Å². The molecule has 3 aliphatic rings. The van der Waals surface area contributed by atoms with Crippen LogP contribution in [0.1, 0.15) is 354 Å². The van der Waals surface area contributed by atoms with Gasteiger partial charge in [0.2, 0.25) is 5.91 Å². The molecule has 19 heteroatoms. The monoisotopic (exact) mass is 1380 g/mol. The smallest absolute Gasteiger partial charge is 0.220 e. The molecule has 3 rings (SSSR count). The van der Waals surface area contributed by atoms with E-state index >= 15 is 0 Å². The van der Waals surface area contributed by atoms with Gasteiger partial charge in [0.25, 0.3) is 0 Å². The number of carbonyl (C=O) groups is 1. The second-order valence-corrected chi connectivity index (χ2v) is 29.2. The Labute approximate surface area is 583 Å². The van der Waals surface area contributed by atoms with Crippen LogP contribution in [0.25, 0.3) is 0 Å². The van der Waals surface area contributed by atoms with E-state index in [1.165, 1.54) is 276 Å². The maximum Gasteiger partial charge on any atom is 0.220 e. The van der Waals surface area contributed by atoms with Crippen molar-refractivity contribution in [1.29, 1.82) is 0 Å². The molecule has 96 heavy (non-hydrogen) atoms. The van der Waals surface area contributed by atoms with Gasteiger partial charge in [-0.1, -0.05) is 335 Å². The van der Waals surface area contributed by atoms with E-state index in [0.29, 0.717) is 12.8 Å². The molecule has 3 aliphatic heterocycles. The summed E-state index contributed by atoms with van der Waals surface area (Å²) in [6, 6.07) is -0.882. The van der Waals surface area contributed by atoms with E-state index in [0.717, 1.165) is 44.9 Å². The van der Waals surface area contributed by atoms with Crippen LogP contribution in [-0.4, -0.2) is 193 Å². The number of unbranched alkanes of at least 4 members (excludes halogenated alkanes) is 49. The van der Waals surface area contributed by atoms with Gasteiger partial charge in [0.05, 0.1) is 38.6 Å². The van der Waals surface area contributed by atoms with Crippen molar-refractivity contribution < 1.29 is 89.4 Å². The van der Waals surface area contributed by atoms with Crippen LogP contribution < -0.4 is 5.32 Å². The SMILES string of the molecule is CCCCCCCCCCCCCCCCCCCCCCCCCCCCCCCCCCCCCC(=O)NC(COC1OC(CO)C(OC2OC(CO)C(OC3OC(CO)C(O)C(O)C3O)C(O)C2O)C(O)C1O)C(O)CCCCCCCCCCCCCCCCCC. The van der Waals surface area contributed by atoms with Gasteiger partial charge >= 0.3 is 0 Å². The minimum absolute atomic E-state index is 0.234. The first-order valence-electron chi connectivity index (χ1n) is 40.3. The van der Waals surface area contributed by atoms with Gasteiger partial charge in [-0.15, -0.1) is 0 Å². The largest absolute Gasteiger partial charge is 0.394 e. The molecule has 0 spiro atoms. The second-order valence-electron chi connectivity index (χ2n) is 29.2. The Hall–Kier alpha value is -1.21. The third-order valence-electron chi connectivity index (χ3n) is 20.7. The van der Waals surface area contributed by atoms with Gasteiger partial charge in [0.15, 0.2) is 18.9 Å². The first kappa shape index (κ1) is 89.0. The Balaban J connectivity index is 1.31. The Morgan fingerprint density at radius 2 is 0.594 bits per heavy atom. The van der Waals surface area contributed by atoms with Crippen molar-refractivity contribution in [3.8, 4) is 0 Å². The maximum absolute atomic E-state index is 13.5. The molecule has 17 unspecified atom stereocenters. The Kier molecular flexibility index (Phi) is 54.9. The summed E-state index contributed by atoms with van der Waals surface area (Å²) in [6.07, 6.45) is 40.7. The van der Waals surface area contributed by atoms with Gasteiger partial charge in [-0.05, 0) is 12.8 Å². The number of hydrogen-bond acceptors (Lipinski definition) is 18. The molecule has 1 amide bonds. The summed E-state index contributed by atoms with van der Waals surface area (Å²) in [4.78, 5) is 13.5. The van der Waals surface area contributed by atoms with Crippen LogP contribution in [0, 0.1) is 0 Å². The van der Waals surface area contributed by atoms with Crippen LogP contribution in [0.3, 0.4) is 0 Å². The number of nitrogens with one attached hydrogen (secondary N) is 1. The molecule has 0 aliphatic carbocycles. The van der Waals surface area contributed by atoms with Gasteiger partial charge in [0, 0.05) is 6.42 Å². The van der Waals surface area contributed by atoms with Crippen molar-refractivity contribution >= 4 is 5.91 Å². The van der Waals surface area contributed by atoms with Crippen LogP contribution in [0.5, 0.6) is 0 Å². The topological polar surface area (TPSA) is 307 Å². The summed E-state index contributed by atoms with van der Waals surface area (Å²) in [5.74, 6) is -0.234. The Bertz CT molecular complexity index is 1740. The lowest BCUT2D eigenvalue weighted by Crippen LogP contribution is -2.66. The summed E-state index contributed by atoms with van der Waals surface area (Å²) in [6.45, 7) is 1.86. The maximum atomic E-state index is 13.5. The highest BCUT2D eigenvalue weighted by atomic mass is 16.8. The van der Waals surface area contributed by atoms with Crippen LogP contribution in [-0.2, 0) is 33.2 Å². The van der Waals surface area contributed by atoms with Gasteiger partial charge < -0.3 is 89.9 Å². The molecule has 3 saturated heterocycles. The highest BCUT2D eigenvalue weighted by molar-refractivity contribution is 5.76. The number of rotatable bonds is 65. The van der Waals surface area contributed by atoms with E-state index in [9.17, 15) is 61.0 Å². The zero-order valence-electron chi connectivity index (χ0n) is 60.9. The summed E-state index contributed by atoms with van der Waals surface area (Å²) in [5.41, 5.74) is 0. The number of ether oxygens (including phenoxy) is 6. The standard InChI is InChI=1S/C77H149NO18/c1-3-5-7-9-11-13-15-17-19-21-22-23-24-25-26-27-28-29-30-31-32-33-34-35-36-37-38-39-41-43-45-47-49-51-53-55-65(83)78-60(61(82)54-52-50-48-46-44-42-40-20-18-16-14-12-10-8-6-4-2)59-91-75-71(89)68(86)73(63(57-80)93-75)96-77-72(90)69(87)74(64(58-81)94-77)95-76-70(88)67(85)66(84)62(56-79)92-76/h60-64,66-77,79-82,84-90H,3-59H2,1-2H3,(H,78,83).